The normalized spacial score (nSPS) is 14.0. The summed E-state index contributed by atoms with van der Waals surface area (Å²) in [6.45, 7) is 0. The van der Waals surface area contributed by atoms with Gasteiger partial charge in [-0.15, -0.1) is 0 Å². The lowest BCUT2D eigenvalue weighted by atomic mass is 9.68. The Bertz CT molecular complexity index is 2640. The second-order valence-corrected chi connectivity index (χ2v) is 14.3. The number of allylic oxidation sites excluding steroid dienone is 4. The summed E-state index contributed by atoms with van der Waals surface area (Å²) in [5, 5.41) is 2.52. The first-order chi connectivity index (χ1) is 26.8. The van der Waals surface area contributed by atoms with Gasteiger partial charge in [0.25, 0.3) is 0 Å². The Hall–Kier alpha value is -6.70. The summed E-state index contributed by atoms with van der Waals surface area (Å²) >= 11 is 0. The molecule has 0 bridgehead atoms. The van der Waals surface area contributed by atoms with E-state index in [2.05, 4.69) is 217 Å². The molecule has 0 aliphatic heterocycles. The zero-order valence-corrected chi connectivity index (χ0v) is 30.1. The van der Waals surface area contributed by atoms with Crippen molar-refractivity contribution in [1.29, 1.82) is 0 Å². The van der Waals surface area contributed by atoms with Crippen molar-refractivity contribution < 1.29 is 0 Å². The van der Waals surface area contributed by atoms with E-state index in [1.54, 1.807) is 0 Å². The van der Waals surface area contributed by atoms with Gasteiger partial charge < -0.3 is 4.90 Å². The number of fused-ring (bicyclic) bond motifs is 4. The van der Waals surface area contributed by atoms with Gasteiger partial charge in [0.05, 0.1) is 11.1 Å². The van der Waals surface area contributed by atoms with Crippen molar-refractivity contribution in [3.63, 3.8) is 0 Å². The van der Waals surface area contributed by atoms with Gasteiger partial charge in [0, 0.05) is 16.9 Å². The summed E-state index contributed by atoms with van der Waals surface area (Å²) < 4.78 is 0. The number of rotatable bonds is 7. The van der Waals surface area contributed by atoms with Gasteiger partial charge in [0.15, 0.2) is 0 Å². The fourth-order valence-electron chi connectivity index (χ4n) is 8.99. The van der Waals surface area contributed by atoms with E-state index in [0.29, 0.717) is 0 Å². The molecule has 0 amide bonds. The largest absolute Gasteiger partial charge is 0.310 e. The van der Waals surface area contributed by atoms with Gasteiger partial charge in [0.2, 0.25) is 0 Å². The lowest BCUT2D eigenvalue weighted by Gasteiger charge is -2.34. The van der Waals surface area contributed by atoms with Gasteiger partial charge in [-0.05, 0) is 104 Å². The average molecular weight is 690 g/mol. The second-order valence-electron chi connectivity index (χ2n) is 14.3. The van der Waals surface area contributed by atoms with Crippen LogP contribution in [0.25, 0.3) is 38.6 Å². The smallest absolute Gasteiger partial charge is 0.0714 e. The van der Waals surface area contributed by atoms with Gasteiger partial charge >= 0.3 is 0 Å². The zero-order chi connectivity index (χ0) is 35.9. The molecule has 0 N–H and O–H groups in total. The van der Waals surface area contributed by atoms with Crippen LogP contribution in [0.1, 0.15) is 40.7 Å². The maximum absolute atomic E-state index is 2.46. The van der Waals surface area contributed by atoms with Crippen LogP contribution < -0.4 is 4.90 Å². The van der Waals surface area contributed by atoms with E-state index in [-0.39, 0.29) is 0 Å². The van der Waals surface area contributed by atoms with Gasteiger partial charge in [-0.2, -0.15) is 0 Å². The molecule has 0 saturated carbocycles. The highest BCUT2D eigenvalue weighted by atomic mass is 15.1. The van der Waals surface area contributed by atoms with E-state index in [9.17, 15) is 0 Å². The van der Waals surface area contributed by atoms with Crippen molar-refractivity contribution in [2.24, 2.45) is 0 Å². The Morgan fingerprint density at radius 1 is 0.426 bits per heavy atom. The molecule has 1 heteroatoms. The first-order valence-electron chi connectivity index (χ1n) is 19.0. The van der Waals surface area contributed by atoms with Crippen molar-refractivity contribution in [3.8, 4) is 22.3 Å². The van der Waals surface area contributed by atoms with Crippen LogP contribution in [0.3, 0.4) is 0 Å². The molecule has 8 aromatic rings. The molecule has 0 fully saturated rings. The summed E-state index contributed by atoms with van der Waals surface area (Å²) in [5.41, 5.74) is 15.6. The fourth-order valence-corrected chi connectivity index (χ4v) is 8.99. The van der Waals surface area contributed by atoms with Crippen LogP contribution in [-0.4, -0.2) is 0 Å². The lowest BCUT2D eigenvalue weighted by Crippen LogP contribution is -2.28. The van der Waals surface area contributed by atoms with Gasteiger partial charge in [-0.25, -0.2) is 0 Å². The van der Waals surface area contributed by atoms with E-state index in [1.807, 2.05) is 0 Å². The fraction of sp³-hybridized carbons (Fsp3) is 0.0566. The van der Waals surface area contributed by atoms with E-state index in [4.69, 9.17) is 0 Å². The molecule has 2 aliphatic carbocycles. The summed E-state index contributed by atoms with van der Waals surface area (Å²) in [5.74, 6) is 0. The molecule has 0 unspecified atom stereocenters. The molecule has 54 heavy (non-hydrogen) atoms. The maximum Gasteiger partial charge on any atom is 0.0714 e. The number of benzene rings is 8. The molecule has 2 aliphatic rings. The highest BCUT2D eigenvalue weighted by molar-refractivity contribution is 5.99. The molecule has 1 nitrogen and oxygen atoms in total. The summed E-state index contributed by atoms with van der Waals surface area (Å²) in [6.07, 6.45) is 9.09. The number of hydrogen-bond acceptors (Lipinski definition) is 1. The van der Waals surface area contributed by atoms with Crippen molar-refractivity contribution in [3.05, 3.63) is 240 Å². The Morgan fingerprint density at radius 2 is 1.00 bits per heavy atom. The second kappa shape index (κ2) is 13.4. The van der Waals surface area contributed by atoms with E-state index < -0.39 is 5.41 Å². The lowest BCUT2D eigenvalue weighted by molar-refractivity contribution is 0.768. The van der Waals surface area contributed by atoms with Gasteiger partial charge in [0.1, 0.15) is 0 Å². The van der Waals surface area contributed by atoms with E-state index in [1.165, 1.54) is 66.4 Å². The molecular weight excluding hydrogens is 651 g/mol. The van der Waals surface area contributed by atoms with E-state index >= 15 is 0 Å². The predicted octanol–water partition coefficient (Wildman–Crippen LogP) is 14.1. The Morgan fingerprint density at radius 3 is 1.70 bits per heavy atom. The minimum atomic E-state index is -0.474. The van der Waals surface area contributed by atoms with Crippen molar-refractivity contribution in [2.75, 3.05) is 4.90 Å². The maximum atomic E-state index is 2.46. The minimum Gasteiger partial charge on any atom is -0.310 e. The highest BCUT2D eigenvalue weighted by Crippen LogP contribution is 2.59. The van der Waals surface area contributed by atoms with Crippen molar-refractivity contribution in [2.45, 2.75) is 18.3 Å². The monoisotopic (exact) mass is 689 g/mol. The van der Waals surface area contributed by atoms with Crippen LogP contribution in [0, 0.1) is 0 Å². The topological polar surface area (TPSA) is 3.24 Å². The number of hydrogen-bond donors (Lipinski definition) is 0. The molecular formula is C53H39N. The quantitative estimate of drug-likeness (QED) is 0.161. The predicted molar refractivity (Wildman–Crippen MR) is 228 cm³/mol. The molecule has 10 rings (SSSR count). The first kappa shape index (κ1) is 32.0. The average Bonchev–Trinajstić information content (AvgIpc) is 3.57. The third-order valence-electron chi connectivity index (χ3n) is 11.4. The molecule has 0 radical (unpaired) electrons. The third-order valence-corrected chi connectivity index (χ3v) is 11.4. The number of nitrogens with zero attached hydrogens (tertiary/aromatic N) is 1. The molecule has 0 atom stereocenters. The summed E-state index contributed by atoms with van der Waals surface area (Å²) in [6, 6.07) is 71.6. The molecule has 0 heterocycles. The standard InChI is InChI=1S/C53H39N/c1-4-16-38(17-5-1)39-30-34-44(35-31-39)54(45-36-32-41(33-37-45)47-26-14-19-40-18-10-11-24-46(40)47)51-29-15-28-50-52(51)48-25-12-13-27-49(48)53(50,42-20-6-2-7-21-42)43-22-8-3-9-23-43/h2-4,6-37H,1,5H2. The molecule has 0 aromatic heterocycles. The molecule has 0 saturated heterocycles. The summed E-state index contributed by atoms with van der Waals surface area (Å²) in [7, 11) is 0. The van der Waals surface area contributed by atoms with Crippen LogP contribution >= 0.6 is 0 Å². The minimum absolute atomic E-state index is 0.474. The van der Waals surface area contributed by atoms with Crippen LogP contribution in [0.5, 0.6) is 0 Å². The molecule has 8 aromatic carbocycles. The molecule has 0 spiro atoms. The third kappa shape index (κ3) is 5.16. The van der Waals surface area contributed by atoms with Crippen LogP contribution in [0.15, 0.2) is 212 Å². The van der Waals surface area contributed by atoms with Gasteiger partial charge in [-0.3, -0.25) is 0 Å². The van der Waals surface area contributed by atoms with E-state index in [0.717, 1.165) is 29.9 Å². The van der Waals surface area contributed by atoms with Crippen LogP contribution in [0.2, 0.25) is 0 Å². The van der Waals surface area contributed by atoms with Crippen molar-refractivity contribution >= 4 is 33.4 Å². The first-order valence-corrected chi connectivity index (χ1v) is 19.0. The molecule has 256 valence electrons. The van der Waals surface area contributed by atoms with Gasteiger partial charge in [-0.1, -0.05) is 182 Å². The van der Waals surface area contributed by atoms with Crippen LogP contribution in [-0.2, 0) is 5.41 Å². The SMILES string of the molecule is C1=CC(c2ccc(N(c3ccc(-c4cccc5ccccc45)cc3)c3cccc4c3-c3ccccc3C4(c3ccccc3)c3ccccc3)cc2)=CCC1. The van der Waals surface area contributed by atoms with Crippen molar-refractivity contribution in [1.82, 2.24) is 0 Å². The summed E-state index contributed by atoms with van der Waals surface area (Å²) in [4.78, 5) is 2.46. The van der Waals surface area contributed by atoms with Crippen LogP contribution in [0.4, 0.5) is 17.1 Å². The Labute approximate surface area is 317 Å². The Kier molecular flexibility index (Phi) is 7.92. The number of anilines is 3. The zero-order valence-electron chi connectivity index (χ0n) is 30.1. The Balaban J connectivity index is 1.20. The highest BCUT2D eigenvalue weighted by Gasteiger charge is 2.47.